The van der Waals surface area contributed by atoms with Crippen LogP contribution >= 0.6 is 0 Å². The zero-order valence-electron chi connectivity index (χ0n) is 20.6. The molecule has 2 aromatic rings. The van der Waals surface area contributed by atoms with Gasteiger partial charge in [-0.15, -0.1) is 0 Å². The number of ether oxygens (including phenoxy) is 2. The first kappa shape index (κ1) is 21.1. The van der Waals surface area contributed by atoms with Gasteiger partial charge in [0.25, 0.3) is 11.8 Å². The summed E-state index contributed by atoms with van der Waals surface area (Å²) in [6.45, 7) is 1.68. The third-order valence-electron chi connectivity index (χ3n) is 5.86. The molecule has 1 aromatic carbocycles. The van der Waals surface area contributed by atoms with Crippen LogP contribution in [0.5, 0.6) is 5.75 Å². The number of hydrogen-bond acceptors (Lipinski definition) is 5. The summed E-state index contributed by atoms with van der Waals surface area (Å²) in [6.07, 6.45) is -6.25. The van der Waals surface area contributed by atoms with E-state index in [1.54, 1.807) is 0 Å². The predicted molar refractivity (Wildman–Crippen MR) is 105 cm³/mol. The van der Waals surface area contributed by atoms with Gasteiger partial charge in [0.05, 0.1) is 16.5 Å². The highest BCUT2D eigenvalue weighted by Gasteiger charge is 2.65. The number of halogens is 5. The van der Waals surface area contributed by atoms with Gasteiger partial charge < -0.3 is 20.4 Å². The summed E-state index contributed by atoms with van der Waals surface area (Å²) in [5.74, 6) is -10.3. The Bertz CT molecular complexity index is 1310. The van der Waals surface area contributed by atoms with E-state index in [2.05, 4.69) is 9.73 Å². The molecule has 1 fully saturated rings. The van der Waals surface area contributed by atoms with Crippen molar-refractivity contribution in [2.75, 3.05) is 7.04 Å². The minimum Gasteiger partial charge on any atom is -0.493 e. The van der Waals surface area contributed by atoms with E-state index in [4.69, 9.17) is 14.6 Å². The molecule has 0 unspecified atom stereocenters. The Balaban J connectivity index is 2.22. The predicted octanol–water partition coefficient (Wildman–Crippen LogP) is 2.68. The minimum atomic E-state index is -5.06. The van der Waals surface area contributed by atoms with Gasteiger partial charge in [0.1, 0.15) is 11.8 Å². The molecule has 3 rings (SSSR count). The van der Waals surface area contributed by atoms with Crippen molar-refractivity contribution in [3.05, 3.63) is 58.7 Å². The van der Waals surface area contributed by atoms with Crippen LogP contribution in [-0.4, -0.2) is 46.7 Å². The molecule has 1 saturated heterocycles. The fourth-order valence-corrected chi connectivity index (χ4v) is 3.85. The van der Waals surface area contributed by atoms with E-state index in [0.717, 1.165) is 31.3 Å². The maximum Gasteiger partial charge on any atom is 0.417 e. The average molecular weight is 492 g/mol. The van der Waals surface area contributed by atoms with Crippen LogP contribution in [-0.2, 0) is 9.53 Å². The number of benzene rings is 1. The van der Waals surface area contributed by atoms with Gasteiger partial charge in [-0.25, -0.2) is 9.38 Å². The maximum atomic E-state index is 14.6. The fraction of sp³-hybridized carbons (Fsp3) is 0.381. The number of pyridine rings is 1. The number of nitrogens with two attached hydrogens (primary N) is 1. The molecule has 0 aliphatic carbocycles. The number of aromatic nitrogens is 1. The van der Waals surface area contributed by atoms with Crippen LogP contribution in [0.3, 0.4) is 0 Å². The number of carbonyl (C=O) groups is 2. The molecule has 1 aromatic heterocycles. The second-order valence-corrected chi connectivity index (χ2v) is 7.77. The molecule has 1 aliphatic rings. The lowest BCUT2D eigenvalue weighted by molar-refractivity contribution is -0.272. The van der Waals surface area contributed by atoms with E-state index < -0.39 is 77.2 Å². The Morgan fingerprint density at radius 2 is 2.00 bits per heavy atom. The smallest absolute Gasteiger partial charge is 0.417 e. The molecule has 3 N–H and O–H groups in total. The normalized spacial score (nSPS) is 27.1. The number of carbonyl (C=O) groups excluding carboxylic acids is 2. The highest BCUT2D eigenvalue weighted by Crippen LogP contribution is 2.55. The highest BCUT2D eigenvalue weighted by atomic mass is 19.4. The quantitative estimate of drug-likeness (QED) is 0.503. The Labute approximate surface area is 193 Å². The van der Waals surface area contributed by atoms with Crippen molar-refractivity contribution in [1.82, 2.24) is 4.73 Å². The lowest BCUT2D eigenvalue weighted by atomic mass is 9.77. The van der Waals surface area contributed by atoms with Crippen LogP contribution in [0.1, 0.15) is 39.9 Å². The van der Waals surface area contributed by atoms with E-state index in [0.29, 0.717) is 17.7 Å². The Kier molecular flexibility index (Phi) is 5.40. The summed E-state index contributed by atoms with van der Waals surface area (Å²) in [5.41, 5.74) is 1.03. The molecule has 0 bridgehead atoms. The number of primary amides is 1. The van der Waals surface area contributed by atoms with Crippen LogP contribution in [0.15, 0.2) is 35.5 Å². The molecule has 2 amide bonds. The molecular formula is C21H20F5N3O5. The third kappa shape index (κ3) is 4.11. The van der Waals surface area contributed by atoms with E-state index in [1.807, 2.05) is 0 Å². The lowest BCUT2D eigenvalue weighted by Crippen LogP contribution is -2.47. The standard InChI is InChI=1S/C21H20F5N3O5/c1-9-14(11-4-5-12(22)15(23)16(11)33-3)17(34-20(9,2)21(24,25)26)19(31)28-10-6-7-29(32)13(8-10)18(27)30/h4-9,14,17,32H,1-3H3,(H2,27,30)/t9-,14+,17-,20-/m0/s1/i3D3. The van der Waals surface area contributed by atoms with Crippen LogP contribution in [0, 0.1) is 17.6 Å². The zero-order chi connectivity index (χ0) is 28.1. The highest BCUT2D eigenvalue weighted by molar-refractivity contribution is 5.91. The van der Waals surface area contributed by atoms with Gasteiger partial charge in [-0.3, -0.25) is 9.59 Å². The molecule has 1 aliphatic heterocycles. The summed E-state index contributed by atoms with van der Waals surface area (Å²) in [4.78, 5) is 28.2. The van der Waals surface area contributed by atoms with Crippen molar-refractivity contribution in [2.45, 2.75) is 37.6 Å². The molecule has 4 atom stereocenters. The lowest BCUT2D eigenvalue weighted by Gasteiger charge is -2.32. The molecule has 8 nitrogen and oxygen atoms in total. The number of hydrogen-bond donors (Lipinski definition) is 2. The van der Waals surface area contributed by atoms with Gasteiger partial charge in [0.2, 0.25) is 5.82 Å². The number of methoxy groups -OCH3 is 1. The first-order valence-electron chi connectivity index (χ1n) is 11.1. The summed E-state index contributed by atoms with van der Waals surface area (Å²) in [7, 11) is -3.32. The first-order valence-corrected chi connectivity index (χ1v) is 9.59. The monoisotopic (exact) mass is 492 g/mol. The fourth-order valence-electron chi connectivity index (χ4n) is 3.85. The summed E-state index contributed by atoms with van der Waals surface area (Å²) in [5, 5.41) is 9.32. The molecule has 0 spiro atoms. The topological polar surface area (TPSA) is 116 Å². The molecular weight excluding hydrogens is 469 g/mol. The summed E-state index contributed by atoms with van der Waals surface area (Å²) in [6, 6.07) is 3.25. The number of nitrogens with zero attached hydrogens (tertiary/aromatic N) is 2. The third-order valence-corrected chi connectivity index (χ3v) is 5.86. The van der Waals surface area contributed by atoms with Crippen LogP contribution in [0.4, 0.5) is 22.0 Å². The van der Waals surface area contributed by atoms with Crippen molar-refractivity contribution in [3.8, 4) is 5.75 Å². The summed E-state index contributed by atoms with van der Waals surface area (Å²) >= 11 is 0. The molecule has 13 heteroatoms. The second kappa shape index (κ2) is 8.70. The van der Waals surface area contributed by atoms with Crippen molar-refractivity contribution < 1.29 is 50.3 Å². The SMILES string of the molecule is [2H]C([2H])([2H])Oc1c([C@@H]2[C@@H](C(=O)N=c3ccn(O)c(C(N)=O)c3)O[C@](C)(C(F)(F)F)[C@H]2C)ccc(F)c1F. The zero-order valence-corrected chi connectivity index (χ0v) is 17.6. The van der Waals surface area contributed by atoms with Crippen molar-refractivity contribution in [2.24, 2.45) is 16.6 Å². The number of alkyl halides is 3. The van der Waals surface area contributed by atoms with Gasteiger partial charge >= 0.3 is 6.18 Å². The molecule has 2 heterocycles. The Morgan fingerprint density at radius 3 is 2.59 bits per heavy atom. The second-order valence-electron chi connectivity index (χ2n) is 7.77. The van der Waals surface area contributed by atoms with Gasteiger partial charge in [-0.1, -0.05) is 13.0 Å². The van der Waals surface area contributed by atoms with Crippen LogP contribution in [0.2, 0.25) is 0 Å². The number of amides is 2. The Hall–Kier alpha value is -3.48. The average Bonchev–Trinajstić information content (AvgIpc) is 3.04. The first-order chi connectivity index (χ1) is 16.9. The van der Waals surface area contributed by atoms with Crippen molar-refractivity contribution >= 4 is 11.8 Å². The van der Waals surface area contributed by atoms with Gasteiger partial charge in [0, 0.05) is 23.6 Å². The van der Waals surface area contributed by atoms with Crippen molar-refractivity contribution in [3.63, 3.8) is 0 Å². The Morgan fingerprint density at radius 1 is 1.32 bits per heavy atom. The minimum absolute atomic E-state index is 0.302. The van der Waals surface area contributed by atoms with E-state index >= 15 is 0 Å². The molecule has 184 valence electrons. The largest absolute Gasteiger partial charge is 0.493 e. The van der Waals surface area contributed by atoms with Crippen LogP contribution < -0.4 is 15.8 Å². The van der Waals surface area contributed by atoms with Gasteiger partial charge in [0.15, 0.2) is 17.2 Å². The molecule has 34 heavy (non-hydrogen) atoms. The van der Waals surface area contributed by atoms with Crippen LogP contribution in [0.25, 0.3) is 0 Å². The number of rotatable bonds is 4. The van der Waals surface area contributed by atoms with E-state index in [-0.39, 0.29) is 5.36 Å². The van der Waals surface area contributed by atoms with E-state index in [9.17, 15) is 36.7 Å². The van der Waals surface area contributed by atoms with Gasteiger partial charge in [-0.2, -0.15) is 22.3 Å². The summed E-state index contributed by atoms with van der Waals surface area (Å²) < 4.78 is 103. The maximum absolute atomic E-state index is 14.6. The molecule has 0 radical (unpaired) electrons. The van der Waals surface area contributed by atoms with Crippen molar-refractivity contribution in [1.29, 1.82) is 0 Å². The van der Waals surface area contributed by atoms with Gasteiger partial charge in [-0.05, 0) is 25.1 Å². The van der Waals surface area contributed by atoms with E-state index in [1.165, 1.54) is 0 Å². The molecule has 0 saturated carbocycles.